The molecule has 184 valence electrons. The van der Waals surface area contributed by atoms with Crippen molar-refractivity contribution in [3.63, 3.8) is 0 Å². The first kappa shape index (κ1) is 25.6. The van der Waals surface area contributed by atoms with Gasteiger partial charge in [0.15, 0.2) is 0 Å². The molecule has 13 heteroatoms. The number of esters is 2. The molecule has 34 heavy (non-hydrogen) atoms. The van der Waals surface area contributed by atoms with E-state index in [1.807, 2.05) is 0 Å². The van der Waals surface area contributed by atoms with Gasteiger partial charge in [-0.05, 0) is 38.3 Å². The van der Waals surface area contributed by atoms with Crippen LogP contribution in [0.3, 0.4) is 0 Å². The predicted molar refractivity (Wildman–Crippen MR) is 122 cm³/mol. The van der Waals surface area contributed by atoms with Gasteiger partial charge in [-0.3, -0.25) is 19.3 Å². The molecule has 0 radical (unpaired) electrons. The molecule has 0 saturated carbocycles. The van der Waals surface area contributed by atoms with Crippen LogP contribution in [-0.2, 0) is 33.4 Å². The Kier molecular flexibility index (Phi) is 7.87. The molecule has 1 aromatic rings. The van der Waals surface area contributed by atoms with Crippen LogP contribution >= 0.6 is 23.1 Å². The number of amides is 3. The summed E-state index contributed by atoms with van der Waals surface area (Å²) in [6.07, 6.45) is 0.765. The molecule has 3 heterocycles. The van der Waals surface area contributed by atoms with E-state index >= 15 is 0 Å². The maximum absolute atomic E-state index is 13.1. The van der Waals surface area contributed by atoms with Crippen LogP contribution in [0.25, 0.3) is 0 Å². The number of hydrogen-bond donors (Lipinski definition) is 2. The van der Waals surface area contributed by atoms with E-state index in [9.17, 15) is 24.0 Å². The van der Waals surface area contributed by atoms with E-state index in [0.717, 1.165) is 0 Å². The van der Waals surface area contributed by atoms with Gasteiger partial charge in [-0.1, -0.05) is 6.07 Å². The van der Waals surface area contributed by atoms with E-state index in [-0.39, 0.29) is 5.70 Å². The Bertz CT molecular complexity index is 1000. The number of nitrogens with zero attached hydrogens (tertiary/aromatic N) is 1. The third kappa shape index (κ3) is 6.08. The van der Waals surface area contributed by atoms with Crippen molar-refractivity contribution in [3.8, 4) is 0 Å². The smallest absolute Gasteiger partial charge is 0.408 e. The van der Waals surface area contributed by atoms with Crippen LogP contribution in [0, 0.1) is 0 Å². The fourth-order valence-electron chi connectivity index (χ4n) is 3.15. The number of alkyl carbamates (subject to hydrolysis) is 1. The number of hydrogen-bond acceptors (Lipinski definition) is 10. The normalized spacial score (nSPS) is 20.2. The highest BCUT2D eigenvalue weighted by atomic mass is 32.2. The molecule has 2 unspecified atom stereocenters. The minimum Gasteiger partial charge on any atom is -0.444 e. The average molecular weight is 512 g/mol. The number of β-lactam (4-membered cyclic amide) rings is 1. The van der Waals surface area contributed by atoms with Crippen molar-refractivity contribution in [1.29, 1.82) is 0 Å². The van der Waals surface area contributed by atoms with Gasteiger partial charge in [0.1, 0.15) is 28.8 Å². The van der Waals surface area contributed by atoms with Crippen LogP contribution in [0.4, 0.5) is 4.79 Å². The number of carbonyl (C=O) groups excluding carboxylic acids is 5. The lowest BCUT2D eigenvalue weighted by molar-refractivity contribution is -0.166. The number of thiophene rings is 1. The summed E-state index contributed by atoms with van der Waals surface area (Å²) in [7, 11) is 0. The molecule has 11 nitrogen and oxygen atoms in total. The number of fused-ring (bicyclic) bond motifs is 1. The molecular weight excluding hydrogens is 486 g/mol. The molecule has 3 rings (SSSR count). The molecule has 0 aromatic carbocycles. The third-order valence-corrected chi connectivity index (χ3v) is 6.68. The van der Waals surface area contributed by atoms with Crippen LogP contribution in [0.1, 0.15) is 38.6 Å². The third-order valence-electron chi connectivity index (χ3n) is 4.56. The van der Waals surface area contributed by atoms with E-state index in [2.05, 4.69) is 15.4 Å². The van der Waals surface area contributed by atoms with E-state index in [0.29, 0.717) is 10.6 Å². The van der Waals surface area contributed by atoms with Crippen molar-refractivity contribution in [2.75, 3.05) is 12.5 Å². The molecule has 1 saturated heterocycles. The molecule has 2 aliphatic heterocycles. The summed E-state index contributed by atoms with van der Waals surface area (Å²) >= 11 is 2.63. The standard InChI is InChI=1S/C21H25N3O8S2/c1-11(25)30-10-31-19(28)12-7-9-34-18-15(17(27)24(12)18)22-16(26)14(13-6-5-8-33-13)23-20(29)32-21(2,3)4/h5-8,14-15,18H,9-10H2,1-4H3,(H,22,26)(H,23,29)/t14?,15?,18-/m0/s1. The molecule has 3 amide bonds. The summed E-state index contributed by atoms with van der Waals surface area (Å²) in [5.74, 6) is -2.10. The molecule has 1 aromatic heterocycles. The van der Waals surface area contributed by atoms with Crippen LogP contribution < -0.4 is 10.6 Å². The highest BCUT2D eigenvalue weighted by molar-refractivity contribution is 8.00. The monoisotopic (exact) mass is 511 g/mol. The molecule has 3 atom stereocenters. The SMILES string of the molecule is CC(=O)OCOC(=O)C1=CCS[C@H]2C(NC(=O)C(NC(=O)OC(C)(C)C)c3cccs3)C(=O)N12. The first-order valence-corrected chi connectivity index (χ1v) is 12.2. The minimum absolute atomic E-state index is 0.0214. The Balaban J connectivity index is 1.65. The summed E-state index contributed by atoms with van der Waals surface area (Å²) in [6.45, 7) is 5.73. The van der Waals surface area contributed by atoms with Crippen molar-refractivity contribution in [2.45, 2.75) is 50.8 Å². The van der Waals surface area contributed by atoms with Crippen LogP contribution in [0.5, 0.6) is 0 Å². The zero-order valence-electron chi connectivity index (χ0n) is 19.0. The van der Waals surface area contributed by atoms with E-state index in [1.165, 1.54) is 41.0 Å². The van der Waals surface area contributed by atoms with Gasteiger partial charge in [-0.2, -0.15) is 0 Å². The van der Waals surface area contributed by atoms with Crippen molar-refractivity contribution in [3.05, 3.63) is 34.2 Å². The zero-order chi connectivity index (χ0) is 25.0. The van der Waals surface area contributed by atoms with E-state index < -0.39 is 59.7 Å². The summed E-state index contributed by atoms with van der Waals surface area (Å²) in [6, 6.07) is 1.47. The molecular formula is C21H25N3O8S2. The summed E-state index contributed by atoms with van der Waals surface area (Å²) in [5, 5.41) is 6.47. The summed E-state index contributed by atoms with van der Waals surface area (Å²) in [4.78, 5) is 63.1. The van der Waals surface area contributed by atoms with Gasteiger partial charge in [-0.25, -0.2) is 9.59 Å². The van der Waals surface area contributed by atoms with Gasteiger partial charge in [0, 0.05) is 17.6 Å². The Morgan fingerprint density at radius 2 is 1.97 bits per heavy atom. The maximum Gasteiger partial charge on any atom is 0.408 e. The molecule has 2 aliphatic rings. The van der Waals surface area contributed by atoms with E-state index in [1.54, 1.807) is 38.3 Å². The maximum atomic E-state index is 13.1. The molecule has 2 N–H and O–H groups in total. The van der Waals surface area contributed by atoms with Crippen molar-refractivity contribution < 1.29 is 38.2 Å². The van der Waals surface area contributed by atoms with Crippen LogP contribution in [0.15, 0.2) is 29.3 Å². The lowest BCUT2D eigenvalue weighted by Crippen LogP contribution is -2.70. The number of nitrogens with one attached hydrogen (secondary N) is 2. The Morgan fingerprint density at radius 1 is 1.24 bits per heavy atom. The van der Waals surface area contributed by atoms with E-state index in [4.69, 9.17) is 9.47 Å². The van der Waals surface area contributed by atoms with Gasteiger partial charge in [0.25, 0.3) is 5.91 Å². The van der Waals surface area contributed by atoms with Crippen molar-refractivity contribution in [1.82, 2.24) is 15.5 Å². The number of thioether (sulfide) groups is 1. The Hall–Kier alpha value is -3.06. The van der Waals surface area contributed by atoms with Crippen molar-refractivity contribution in [2.24, 2.45) is 0 Å². The first-order chi connectivity index (χ1) is 16.0. The number of ether oxygens (including phenoxy) is 3. The molecule has 0 aliphatic carbocycles. The first-order valence-electron chi connectivity index (χ1n) is 10.3. The second-order valence-electron chi connectivity index (χ2n) is 8.29. The second-order valence-corrected chi connectivity index (χ2v) is 10.4. The lowest BCUT2D eigenvalue weighted by Gasteiger charge is -2.48. The minimum atomic E-state index is -1.06. The van der Waals surface area contributed by atoms with Gasteiger partial charge in [0.05, 0.1) is 0 Å². The van der Waals surface area contributed by atoms with Gasteiger partial charge >= 0.3 is 18.0 Å². The van der Waals surface area contributed by atoms with Gasteiger partial charge < -0.3 is 24.8 Å². The van der Waals surface area contributed by atoms with Crippen molar-refractivity contribution >= 4 is 52.9 Å². The Morgan fingerprint density at radius 3 is 2.59 bits per heavy atom. The quantitative estimate of drug-likeness (QED) is 0.318. The molecule has 0 bridgehead atoms. The number of rotatable bonds is 7. The molecule has 0 spiro atoms. The number of carbonyl (C=O) groups is 5. The molecule has 1 fully saturated rings. The fraction of sp³-hybridized carbons (Fsp3) is 0.476. The summed E-state index contributed by atoms with van der Waals surface area (Å²) in [5.41, 5.74) is -0.732. The van der Waals surface area contributed by atoms with Gasteiger partial charge in [-0.15, -0.1) is 23.1 Å². The van der Waals surface area contributed by atoms with Gasteiger partial charge in [0.2, 0.25) is 12.7 Å². The Labute approximate surface area is 204 Å². The van der Waals surface area contributed by atoms with Crippen LogP contribution in [-0.4, -0.2) is 64.3 Å². The second kappa shape index (κ2) is 10.5. The fourth-order valence-corrected chi connectivity index (χ4v) is 5.12. The topological polar surface area (TPSA) is 140 Å². The zero-order valence-corrected chi connectivity index (χ0v) is 20.6. The highest BCUT2D eigenvalue weighted by Gasteiger charge is 2.53. The average Bonchev–Trinajstić information content (AvgIpc) is 3.27. The largest absolute Gasteiger partial charge is 0.444 e. The predicted octanol–water partition coefficient (Wildman–Crippen LogP) is 1.66. The van der Waals surface area contributed by atoms with Crippen LogP contribution in [0.2, 0.25) is 0 Å². The highest BCUT2D eigenvalue weighted by Crippen LogP contribution is 2.38. The summed E-state index contributed by atoms with van der Waals surface area (Å²) < 4.78 is 14.7. The lowest BCUT2D eigenvalue weighted by atomic mass is 10.0.